The van der Waals surface area contributed by atoms with E-state index >= 15 is 0 Å². The molecule has 0 spiro atoms. The Balaban J connectivity index is 1.54. The zero-order chi connectivity index (χ0) is 19.2. The number of halogens is 1. The van der Waals surface area contributed by atoms with Crippen LogP contribution in [0.3, 0.4) is 0 Å². The first-order valence-electron chi connectivity index (χ1n) is 9.04. The van der Waals surface area contributed by atoms with E-state index in [2.05, 4.69) is 17.4 Å². The van der Waals surface area contributed by atoms with Crippen molar-refractivity contribution in [3.63, 3.8) is 0 Å². The summed E-state index contributed by atoms with van der Waals surface area (Å²) >= 11 is 6.06. The molecule has 2 aromatic carbocycles. The third-order valence-electron chi connectivity index (χ3n) is 4.71. The standard InChI is InChI=1S/C21H23ClN2O3/c1-27-19-10-9-17(22)13-18(19)24-14-16(12-20(24)25)21(26)23-11-5-8-15-6-3-2-4-7-15/h2-4,6-7,9-10,13,16H,5,8,11-12,14H2,1H3,(H,23,26). The van der Waals surface area contributed by atoms with Gasteiger partial charge in [-0.2, -0.15) is 0 Å². The molecule has 1 heterocycles. The van der Waals surface area contributed by atoms with E-state index in [1.165, 1.54) is 5.56 Å². The first-order chi connectivity index (χ1) is 13.1. The molecule has 2 amide bonds. The van der Waals surface area contributed by atoms with Gasteiger partial charge in [0.2, 0.25) is 11.8 Å². The first-order valence-corrected chi connectivity index (χ1v) is 9.42. The van der Waals surface area contributed by atoms with E-state index in [1.54, 1.807) is 30.2 Å². The number of aryl methyl sites for hydroxylation is 1. The van der Waals surface area contributed by atoms with Gasteiger partial charge in [-0.3, -0.25) is 9.59 Å². The fraction of sp³-hybridized carbons (Fsp3) is 0.333. The van der Waals surface area contributed by atoms with Gasteiger partial charge in [0.05, 0.1) is 18.7 Å². The molecule has 5 nitrogen and oxygen atoms in total. The second-order valence-electron chi connectivity index (χ2n) is 6.60. The van der Waals surface area contributed by atoms with Crippen molar-refractivity contribution in [3.8, 4) is 5.75 Å². The molecule has 1 atom stereocenters. The van der Waals surface area contributed by atoms with Gasteiger partial charge in [0, 0.05) is 24.5 Å². The molecule has 0 aromatic heterocycles. The lowest BCUT2D eigenvalue weighted by molar-refractivity contribution is -0.126. The molecule has 1 fully saturated rings. The fourth-order valence-electron chi connectivity index (χ4n) is 3.28. The van der Waals surface area contributed by atoms with Crippen LogP contribution < -0.4 is 15.0 Å². The number of hydrogen-bond donors (Lipinski definition) is 1. The maximum absolute atomic E-state index is 12.5. The fourth-order valence-corrected chi connectivity index (χ4v) is 3.45. The minimum Gasteiger partial charge on any atom is -0.495 e. The van der Waals surface area contributed by atoms with Crippen LogP contribution in [-0.2, 0) is 16.0 Å². The van der Waals surface area contributed by atoms with E-state index in [0.717, 1.165) is 12.8 Å². The Bertz CT molecular complexity index is 810. The highest BCUT2D eigenvalue weighted by molar-refractivity contribution is 6.31. The number of nitrogens with zero attached hydrogens (tertiary/aromatic N) is 1. The highest BCUT2D eigenvalue weighted by Gasteiger charge is 2.36. The predicted octanol–water partition coefficient (Wildman–Crippen LogP) is 3.45. The monoisotopic (exact) mass is 386 g/mol. The maximum atomic E-state index is 12.5. The van der Waals surface area contributed by atoms with Crippen molar-refractivity contribution in [2.75, 3.05) is 25.1 Å². The Morgan fingerprint density at radius 1 is 1.26 bits per heavy atom. The topological polar surface area (TPSA) is 58.6 Å². The molecule has 1 aliphatic heterocycles. The average Bonchev–Trinajstić information content (AvgIpc) is 3.07. The molecule has 142 valence electrons. The van der Waals surface area contributed by atoms with Crippen LogP contribution in [0.1, 0.15) is 18.4 Å². The molecule has 1 N–H and O–H groups in total. The molecule has 1 unspecified atom stereocenters. The highest BCUT2D eigenvalue weighted by atomic mass is 35.5. The van der Waals surface area contributed by atoms with Crippen molar-refractivity contribution in [2.24, 2.45) is 5.92 Å². The van der Waals surface area contributed by atoms with Crippen molar-refractivity contribution in [3.05, 3.63) is 59.1 Å². The number of hydrogen-bond acceptors (Lipinski definition) is 3. The van der Waals surface area contributed by atoms with Crippen molar-refractivity contribution in [2.45, 2.75) is 19.3 Å². The van der Waals surface area contributed by atoms with Crippen molar-refractivity contribution in [1.29, 1.82) is 0 Å². The molecule has 6 heteroatoms. The second-order valence-corrected chi connectivity index (χ2v) is 7.04. The van der Waals surface area contributed by atoms with Crippen LogP contribution in [0, 0.1) is 5.92 Å². The summed E-state index contributed by atoms with van der Waals surface area (Å²) in [5, 5.41) is 3.47. The zero-order valence-electron chi connectivity index (χ0n) is 15.3. The maximum Gasteiger partial charge on any atom is 0.227 e. The van der Waals surface area contributed by atoms with Crippen LogP contribution in [0.2, 0.25) is 5.02 Å². The summed E-state index contributed by atoms with van der Waals surface area (Å²) < 4.78 is 5.33. The number of nitrogens with one attached hydrogen (secondary N) is 1. The smallest absolute Gasteiger partial charge is 0.227 e. The average molecular weight is 387 g/mol. The van der Waals surface area contributed by atoms with Crippen LogP contribution in [0.5, 0.6) is 5.75 Å². The van der Waals surface area contributed by atoms with Crippen LogP contribution in [0.25, 0.3) is 0 Å². The second kappa shape index (κ2) is 8.91. The van der Waals surface area contributed by atoms with Crippen molar-refractivity contribution in [1.82, 2.24) is 5.32 Å². The van der Waals surface area contributed by atoms with Crippen LogP contribution in [0.4, 0.5) is 5.69 Å². The Morgan fingerprint density at radius 3 is 2.78 bits per heavy atom. The minimum atomic E-state index is -0.363. The third kappa shape index (κ3) is 4.80. The van der Waals surface area contributed by atoms with Crippen molar-refractivity contribution < 1.29 is 14.3 Å². The molecule has 1 aliphatic rings. The summed E-state index contributed by atoms with van der Waals surface area (Å²) in [5.41, 5.74) is 1.86. The largest absolute Gasteiger partial charge is 0.495 e. The molecular weight excluding hydrogens is 364 g/mol. The van der Waals surface area contributed by atoms with E-state index in [0.29, 0.717) is 29.5 Å². The van der Waals surface area contributed by atoms with Gasteiger partial charge in [-0.1, -0.05) is 41.9 Å². The number of methoxy groups -OCH3 is 1. The molecule has 27 heavy (non-hydrogen) atoms. The minimum absolute atomic E-state index is 0.0834. The van der Waals surface area contributed by atoms with Crippen LogP contribution >= 0.6 is 11.6 Å². The lowest BCUT2D eigenvalue weighted by Gasteiger charge is -2.19. The number of carbonyl (C=O) groups excluding carboxylic acids is 2. The van der Waals surface area contributed by atoms with E-state index < -0.39 is 0 Å². The number of anilines is 1. The van der Waals surface area contributed by atoms with Gasteiger partial charge in [0.25, 0.3) is 0 Å². The number of rotatable bonds is 7. The number of benzene rings is 2. The number of ether oxygens (including phenoxy) is 1. The molecule has 0 saturated carbocycles. The SMILES string of the molecule is COc1ccc(Cl)cc1N1CC(C(=O)NCCCc2ccccc2)CC1=O. The zero-order valence-corrected chi connectivity index (χ0v) is 16.0. The number of amides is 2. The lowest BCUT2D eigenvalue weighted by atomic mass is 10.1. The van der Waals surface area contributed by atoms with Crippen LogP contribution in [-0.4, -0.2) is 32.0 Å². The Morgan fingerprint density at radius 2 is 2.04 bits per heavy atom. The summed E-state index contributed by atoms with van der Waals surface area (Å²) in [6, 6.07) is 15.3. The summed E-state index contributed by atoms with van der Waals surface area (Å²) in [6.45, 7) is 0.930. The predicted molar refractivity (Wildman–Crippen MR) is 106 cm³/mol. The lowest BCUT2D eigenvalue weighted by Crippen LogP contribution is -2.33. The van der Waals surface area contributed by atoms with Gasteiger partial charge in [0.15, 0.2) is 0 Å². The van der Waals surface area contributed by atoms with Gasteiger partial charge in [-0.15, -0.1) is 0 Å². The molecule has 3 rings (SSSR count). The van der Waals surface area contributed by atoms with Gasteiger partial charge < -0.3 is 15.0 Å². The number of carbonyl (C=O) groups is 2. The summed E-state index contributed by atoms with van der Waals surface area (Å²) in [5.74, 6) is 0.0227. The molecule has 2 aromatic rings. The Labute approximate surface area is 164 Å². The van der Waals surface area contributed by atoms with Gasteiger partial charge in [-0.25, -0.2) is 0 Å². The Kier molecular flexibility index (Phi) is 6.35. The van der Waals surface area contributed by atoms with E-state index in [4.69, 9.17) is 16.3 Å². The summed E-state index contributed by atoms with van der Waals surface area (Å²) in [4.78, 5) is 26.5. The Hall–Kier alpha value is -2.53. The van der Waals surface area contributed by atoms with Gasteiger partial charge in [-0.05, 0) is 36.6 Å². The summed E-state index contributed by atoms with van der Waals surface area (Å²) in [6.07, 6.45) is 1.97. The first kappa shape index (κ1) is 19.2. The highest BCUT2D eigenvalue weighted by Crippen LogP contribution is 2.35. The summed E-state index contributed by atoms with van der Waals surface area (Å²) in [7, 11) is 1.55. The quantitative estimate of drug-likeness (QED) is 0.741. The van der Waals surface area contributed by atoms with E-state index in [-0.39, 0.29) is 24.2 Å². The van der Waals surface area contributed by atoms with E-state index in [9.17, 15) is 9.59 Å². The van der Waals surface area contributed by atoms with Crippen molar-refractivity contribution >= 4 is 29.1 Å². The van der Waals surface area contributed by atoms with Crippen LogP contribution in [0.15, 0.2) is 48.5 Å². The normalized spacial score (nSPS) is 16.4. The molecular formula is C21H23ClN2O3. The molecule has 0 aliphatic carbocycles. The molecule has 0 radical (unpaired) electrons. The third-order valence-corrected chi connectivity index (χ3v) is 4.95. The van der Waals surface area contributed by atoms with Gasteiger partial charge >= 0.3 is 0 Å². The van der Waals surface area contributed by atoms with Gasteiger partial charge in [0.1, 0.15) is 5.75 Å². The van der Waals surface area contributed by atoms with E-state index in [1.807, 2.05) is 18.2 Å². The molecule has 1 saturated heterocycles. The molecule has 0 bridgehead atoms.